The number of carbonyl (C=O) groups excluding carboxylic acids is 2. The van der Waals surface area contributed by atoms with Crippen LogP contribution in [-0.4, -0.2) is 33.8 Å². The molecule has 3 aromatic carbocycles. The van der Waals surface area contributed by atoms with E-state index in [0.29, 0.717) is 16.7 Å². The Bertz CT molecular complexity index is 1310. The summed E-state index contributed by atoms with van der Waals surface area (Å²) in [6, 6.07) is 22.4. The molecule has 1 aromatic heterocycles. The van der Waals surface area contributed by atoms with E-state index in [1.165, 1.54) is 0 Å². The molecule has 4 rings (SSSR count). The van der Waals surface area contributed by atoms with Gasteiger partial charge in [-0.25, -0.2) is 4.79 Å². The van der Waals surface area contributed by atoms with Crippen molar-refractivity contribution in [3.63, 3.8) is 0 Å². The van der Waals surface area contributed by atoms with Gasteiger partial charge < -0.3 is 15.4 Å². The maximum Gasteiger partial charge on any atom is 0.326 e. The van der Waals surface area contributed by atoms with Crippen LogP contribution < -0.4 is 5.32 Å². The van der Waals surface area contributed by atoms with Crippen molar-refractivity contribution in [2.24, 2.45) is 0 Å². The van der Waals surface area contributed by atoms with Crippen LogP contribution in [0.2, 0.25) is 0 Å². The van der Waals surface area contributed by atoms with Gasteiger partial charge >= 0.3 is 5.97 Å². The van der Waals surface area contributed by atoms with Gasteiger partial charge in [-0.05, 0) is 30.2 Å². The number of H-pyrrole nitrogens is 1. The van der Waals surface area contributed by atoms with Crippen molar-refractivity contribution in [3.05, 3.63) is 107 Å². The SMILES string of the molecule is CC(C(=O)N[C@H](Cc1c[nH]c2ccccc12)C(=O)O)c1cccc(C(=O)c2ccccc2)c1. The van der Waals surface area contributed by atoms with Crippen molar-refractivity contribution < 1.29 is 19.5 Å². The molecule has 0 bridgehead atoms. The number of carboxylic acids is 1. The number of aliphatic carboxylic acids is 1. The summed E-state index contributed by atoms with van der Waals surface area (Å²) in [5, 5.41) is 13.3. The lowest BCUT2D eigenvalue weighted by atomic mass is 9.94. The number of nitrogens with one attached hydrogen (secondary N) is 2. The highest BCUT2D eigenvalue weighted by molar-refractivity contribution is 6.09. The Morgan fingerprint density at radius 1 is 0.909 bits per heavy atom. The predicted molar refractivity (Wildman–Crippen MR) is 126 cm³/mol. The first-order valence-corrected chi connectivity index (χ1v) is 10.7. The molecule has 4 aromatic rings. The molecule has 3 N–H and O–H groups in total. The Balaban J connectivity index is 1.50. The molecule has 1 unspecified atom stereocenters. The molecule has 0 aliphatic heterocycles. The van der Waals surface area contributed by atoms with Gasteiger partial charge in [0.1, 0.15) is 6.04 Å². The van der Waals surface area contributed by atoms with Gasteiger partial charge in [0.15, 0.2) is 5.78 Å². The highest BCUT2D eigenvalue weighted by atomic mass is 16.4. The Hall–Kier alpha value is -4.19. The van der Waals surface area contributed by atoms with Gasteiger partial charge in [0.25, 0.3) is 0 Å². The van der Waals surface area contributed by atoms with Crippen LogP contribution in [-0.2, 0) is 16.0 Å². The van der Waals surface area contributed by atoms with Crippen LogP contribution in [0.1, 0.15) is 39.9 Å². The summed E-state index contributed by atoms with van der Waals surface area (Å²) in [5.41, 5.74) is 3.42. The monoisotopic (exact) mass is 440 g/mol. The summed E-state index contributed by atoms with van der Waals surface area (Å²) in [6.07, 6.45) is 1.93. The molecule has 1 amide bonds. The Labute approximate surface area is 191 Å². The molecule has 6 nitrogen and oxygen atoms in total. The zero-order valence-electron chi connectivity index (χ0n) is 18.1. The number of amides is 1. The molecule has 0 saturated heterocycles. The van der Waals surface area contributed by atoms with Crippen molar-refractivity contribution in [1.82, 2.24) is 10.3 Å². The quantitative estimate of drug-likeness (QED) is 0.356. The average molecular weight is 440 g/mol. The van der Waals surface area contributed by atoms with Crippen LogP contribution in [0.25, 0.3) is 10.9 Å². The van der Waals surface area contributed by atoms with Gasteiger partial charge in [-0.1, -0.05) is 66.7 Å². The van der Waals surface area contributed by atoms with E-state index in [1.807, 2.05) is 30.3 Å². The molecular formula is C27H24N2O4. The fraction of sp³-hybridized carbons (Fsp3) is 0.148. The number of carboxylic acid groups (broad SMARTS) is 1. The van der Waals surface area contributed by atoms with Gasteiger partial charge in [-0.15, -0.1) is 0 Å². The van der Waals surface area contributed by atoms with E-state index in [1.54, 1.807) is 61.7 Å². The standard InChI is InChI=1S/C27H24N2O4/c1-17(19-10-7-11-20(14-19)25(30)18-8-3-2-4-9-18)26(31)29-24(27(32)33)15-21-16-28-23-13-6-5-12-22(21)23/h2-14,16-17,24,28H,15H2,1H3,(H,29,31)(H,32,33)/t17?,24-/m1/s1. The number of hydrogen-bond acceptors (Lipinski definition) is 3. The summed E-state index contributed by atoms with van der Waals surface area (Å²) >= 11 is 0. The number of benzene rings is 3. The van der Waals surface area contributed by atoms with Crippen LogP contribution >= 0.6 is 0 Å². The molecule has 2 atom stereocenters. The number of aromatic nitrogens is 1. The van der Waals surface area contributed by atoms with E-state index >= 15 is 0 Å². The average Bonchev–Trinajstić information content (AvgIpc) is 3.26. The first-order chi connectivity index (χ1) is 15.9. The second-order valence-corrected chi connectivity index (χ2v) is 8.01. The molecule has 0 radical (unpaired) electrons. The van der Waals surface area contributed by atoms with Crippen LogP contribution in [0.15, 0.2) is 85.1 Å². The second kappa shape index (κ2) is 9.53. The van der Waals surface area contributed by atoms with E-state index < -0.39 is 23.8 Å². The minimum absolute atomic E-state index is 0.132. The lowest BCUT2D eigenvalue weighted by Gasteiger charge is -2.18. The van der Waals surface area contributed by atoms with Crippen LogP contribution in [0.3, 0.4) is 0 Å². The Kier molecular flexibility index (Phi) is 6.36. The molecule has 1 heterocycles. The second-order valence-electron chi connectivity index (χ2n) is 8.01. The highest BCUT2D eigenvalue weighted by Crippen LogP contribution is 2.21. The maximum absolute atomic E-state index is 12.9. The number of hydrogen-bond donors (Lipinski definition) is 3. The number of aromatic amines is 1. The molecule has 6 heteroatoms. The number of rotatable bonds is 8. The van der Waals surface area contributed by atoms with Crippen molar-refractivity contribution in [2.75, 3.05) is 0 Å². The molecule has 166 valence electrons. The number of ketones is 1. The zero-order valence-corrected chi connectivity index (χ0v) is 18.1. The molecule has 0 spiro atoms. The normalized spacial score (nSPS) is 12.8. The Morgan fingerprint density at radius 2 is 1.61 bits per heavy atom. The van der Waals surface area contributed by atoms with Crippen LogP contribution in [0.4, 0.5) is 0 Å². The summed E-state index contributed by atoms with van der Waals surface area (Å²) in [5.74, 6) is -2.27. The molecule has 33 heavy (non-hydrogen) atoms. The minimum Gasteiger partial charge on any atom is -0.480 e. The van der Waals surface area contributed by atoms with Gasteiger partial charge in [0.05, 0.1) is 5.92 Å². The summed E-state index contributed by atoms with van der Waals surface area (Å²) in [6.45, 7) is 1.70. The van der Waals surface area contributed by atoms with Crippen molar-refractivity contribution in [3.8, 4) is 0 Å². The van der Waals surface area contributed by atoms with Crippen molar-refractivity contribution in [1.29, 1.82) is 0 Å². The number of fused-ring (bicyclic) bond motifs is 1. The third kappa shape index (κ3) is 4.85. The third-order valence-electron chi connectivity index (χ3n) is 5.79. The van der Waals surface area contributed by atoms with Crippen LogP contribution in [0, 0.1) is 0 Å². The molecule has 0 aliphatic rings. The third-order valence-corrected chi connectivity index (χ3v) is 5.79. The summed E-state index contributed by atoms with van der Waals surface area (Å²) in [7, 11) is 0. The predicted octanol–water partition coefficient (Wildman–Crippen LogP) is 4.31. The van der Waals surface area contributed by atoms with E-state index in [4.69, 9.17) is 0 Å². The van der Waals surface area contributed by atoms with Crippen LogP contribution in [0.5, 0.6) is 0 Å². The highest BCUT2D eigenvalue weighted by Gasteiger charge is 2.25. The first kappa shape index (κ1) is 22.0. The number of para-hydroxylation sites is 1. The lowest BCUT2D eigenvalue weighted by Crippen LogP contribution is -2.44. The van der Waals surface area contributed by atoms with Gasteiger partial charge in [0.2, 0.25) is 5.91 Å². The van der Waals surface area contributed by atoms with Crippen molar-refractivity contribution >= 4 is 28.6 Å². The van der Waals surface area contributed by atoms with E-state index in [2.05, 4.69) is 10.3 Å². The van der Waals surface area contributed by atoms with Crippen molar-refractivity contribution in [2.45, 2.75) is 25.3 Å². The van der Waals surface area contributed by atoms with Gasteiger partial charge in [-0.3, -0.25) is 9.59 Å². The minimum atomic E-state index is -1.10. The van der Waals surface area contributed by atoms with E-state index in [9.17, 15) is 19.5 Å². The lowest BCUT2D eigenvalue weighted by molar-refractivity contribution is -0.141. The van der Waals surface area contributed by atoms with Gasteiger partial charge in [0, 0.05) is 34.6 Å². The van der Waals surface area contributed by atoms with E-state index in [0.717, 1.165) is 16.5 Å². The van der Waals surface area contributed by atoms with Gasteiger partial charge in [-0.2, -0.15) is 0 Å². The molecule has 0 fully saturated rings. The molecule has 0 saturated carbocycles. The zero-order chi connectivity index (χ0) is 23.4. The summed E-state index contributed by atoms with van der Waals surface area (Å²) < 4.78 is 0. The molecule has 0 aliphatic carbocycles. The maximum atomic E-state index is 12.9. The fourth-order valence-corrected chi connectivity index (χ4v) is 3.87. The largest absolute Gasteiger partial charge is 0.480 e. The number of carbonyl (C=O) groups is 3. The smallest absolute Gasteiger partial charge is 0.326 e. The van der Waals surface area contributed by atoms with E-state index in [-0.39, 0.29) is 12.2 Å². The summed E-state index contributed by atoms with van der Waals surface area (Å²) in [4.78, 5) is 40.7. The topological polar surface area (TPSA) is 99.3 Å². The fourth-order valence-electron chi connectivity index (χ4n) is 3.87. The molecular weight excluding hydrogens is 416 g/mol. The Morgan fingerprint density at radius 3 is 2.36 bits per heavy atom. The first-order valence-electron chi connectivity index (χ1n) is 10.7.